The second kappa shape index (κ2) is 9.33. The summed E-state index contributed by atoms with van der Waals surface area (Å²) in [6.07, 6.45) is 0.788. The zero-order chi connectivity index (χ0) is 18.1. The molecule has 9 heteroatoms. The summed E-state index contributed by atoms with van der Waals surface area (Å²) in [5, 5.41) is 16.1. The van der Waals surface area contributed by atoms with Crippen LogP contribution in [-0.2, 0) is 9.59 Å². The molecule has 132 valence electrons. The smallest absolute Gasteiger partial charge is 0.314 e. The number of carbonyl (C=O) groups is 2. The van der Waals surface area contributed by atoms with Crippen LogP contribution in [0.2, 0.25) is 0 Å². The van der Waals surface area contributed by atoms with Gasteiger partial charge in [-0.1, -0.05) is 6.92 Å². The van der Waals surface area contributed by atoms with Crippen molar-refractivity contribution in [3.63, 3.8) is 0 Å². The van der Waals surface area contributed by atoms with E-state index in [1.807, 2.05) is 6.92 Å². The quantitative estimate of drug-likeness (QED) is 0.512. The van der Waals surface area contributed by atoms with Gasteiger partial charge in [0, 0.05) is 6.54 Å². The van der Waals surface area contributed by atoms with Crippen molar-refractivity contribution < 1.29 is 24.0 Å². The van der Waals surface area contributed by atoms with Crippen LogP contribution in [0.5, 0.6) is 11.5 Å². The Kier molecular flexibility index (Phi) is 7.47. The number of ether oxygens (including phenoxy) is 2. The van der Waals surface area contributed by atoms with Gasteiger partial charge in [0.25, 0.3) is 5.91 Å². The van der Waals surface area contributed by atoms with Crippen molar-refractivity contribution in [3.05, 3.63) is 28.3 Å². The molecule has 0 saturated carbocycles. The van der Waals surface area contributed by atoms with Crippen molar-refractivity contribution in [2.75, 3.05) is 20.3 Å². The molecule has 0 aromatic heterocycles. The first-order valence-corrected chi connectivity index (χ1v) is 7.41. The average Bonchev–Trinajstić information content (AvgIpc) is 2.57. The van der Waals surface area contributed by atoms with Gasteiger partial charge in [-0.05, 0) is 25.5 Å². The van der Waals surface area contributed by atoms with Gasteiger partial charge in [-0.15, -0.1) is 0 Å². The molecule has 1 atom stereocenters. The molecule has 0 saturated heterocycles. The summed E-state index contributed by atoms with van der Waals surface area (Å²) >= 11 is 0. The maximum atomic E-state index is 11.8. The molecule has 1 aromatic rings. The van der Waals surface area contributed by atoms with Gasteiger partial charge in [0.05, 0.1) is 18.1 Å². The predicted octanol–water partition coefficient (Wildman–Crippen LogP) is 1.01. The Morgan fingerprint density at radius 3 is 2.67 bits per heavy atom. The van der Waals surface area contributed by atoms with Gasteiger partial charge in [0.15, 0.2) is 12.4 Å². The minimum absolute atomic E-state index is 0.0564. The number of amides is 2. The fourth-order valence-corrected chi connectivity index (χ4v) is 1.78. The Labute approximate surface area is 139 Å². The molecule has 0 unspecified atom stereocenters. The van der Waals surface area contributed by atoms with E-state index < -0.39 is 23.5 Å². The minimum atomic E-state index is -0.724. The summed E-state index contributed by atoms with van der Waals surface area (Å²) in [7, 11) is 1.39. The Morgan fingerprint density at radius 1 is 1.38 bits per heavy atom. The van der Waals surface area contributed by atoms with Gasteiger partial charge >= 0.3 is 5.69 Å². The number of nitrogens with one attached hydrogen (secondary N) is 2. The van der Waals surface area contributed by atoms with E-state index in [4.69, 9.17) is 9.47 Å². The molecule has 0 radical (unpaired) electrons. The first kappa shape index (κ1) is 19.2. The van der Waals surface area contributed by atoms with Crippen molar-refractivity contribution in [3.8, 4) is 11.5 Å². The monoisotopic (exact) mass is 339 g/mol. The van der Waals surface area contributed by atoms with Gasteiger partial charge in [-0.3, -0.25) is 19.7 Å². The summed E-state index contributed by atoms with van der Waals surface area (Å²) in [4.78, 5) is 33.8. The molecule has 2 N–H and O–H groups in total. The van der Waals surface area contributed by atoms with Crippen molar-refractivity contribution in [1.29, 1.82) is 0 Å². The number of nitro benzene ring substituents is 1. The van der Waals surface area contributed by atoms with E-state index in [0.717, 1.165) is 6.42 Å². The summed E-state index contributed by atoms with van der Waals surface area (Å²) in [5.41, 5.74) is -0.309. The summed E-state index contributed by atoms with van der Waals surface area (Å²) in [5.74, 6) is -0.612. The molecule has 0 heterocycles. The fraction of sp³-hybridized carbons (Fsp3) is 0.467. The van der Waals surface area contributed by atoms with Crippen molar-refractivity contribution in [2.45, 2.75) is 26.3 Å². The highest BCUT2D eigenvalue weighted by molar-refractivity contribution is 5.87. The maximum absolute atomic E-state index is 11.8. The molecule has 0 spiro atoms. The number of carbonyl (C=O) groups excluding carboxylic acids is 2. The number of nitro groups is 1. The number of hydrogen-bond donors (Lipinski definition) is 2. The average molecular weight is 339 g/mol. The second-order valence-electron chi connectivity index (χ2n) is 4.96. The number of benzene rings is 1. The lowest BCUT2D eigenvalue weighted by atomic mass is 10.3. The van der Waals surface area contributed by atoms with Crippen LogP contribution in [0.3, 0.4) is 0 Å². The van der Waals surface area contributed by atoms with E-state index in [1.165, 1.54) is 25.3 Å². The van der Waals surface area contributed by atoms with E-state index >= 15 is 0 Å². The highest BCUT2D eigenvalue weighted by Gasteiger charge is 2.19. The van der Waals surface area contributed by atoms with Crippen LogP contribution < -0.4 is 20.1 Å². The molecule has 0 fully saturated rings. The van der Waals surface area contributed by atoms with Crippen molar-refractivity contribution in [2.24, 2.45) is 0 Å². The molecule has 2 amide bonds. The third kappa shape index (κ3) is 5.75. The zero-order valence-electron chi connectivity index (χ0n) is 13.8. The van der Waals surface area contributed by atoms with Gasteiger partial charge < -0.3 is 20.1 Å². The fourth-order valence-electron chi connectivity index (χ4n) is 1.78. The highest BCUT2D eigenvalue weighted by atomic mass is 16.6. The molecular weight excluding hydrogens is 318 g/mol. The van der Waals surface area contributed by atoms with Gasteiger partial charge in [-0.2, -0.15) is 0 Å². The second-order valence-corrected chi connectivity index (χ2v) is 4.96. The normalized spacial score (nSPS) is 11.3. The summed E-state index contributed by atoms with van der Waals surface area (Å²) in [6, 6.07) is 3.31. The lowest BCUT2D eigenvalue weighted by Gasteiger charge is -2.14. The molecule has 0 aliphatic rings. The minimum Gasteiger partial charge on any atom is -0.496 e. The third-order valence-electron chi connectivity index (χ3n) is 3.04. The topological polar surface area (TPSA) is 120 Å². The van der Waals surface area contributed by atoms with E-state index in [2.05, 4.69) is 10.6 Å². The standard InChI is InChI=1S/C15H21N3O6/c1-4-7-16-15(20)10(2)17-14(19)9-24-13-6-5-11(23-3)8-12(13)18(21)22/h5-6,8,10H,4,7,9H2,1-3H3,(H,16,20)(H,17,19)/t10-/m1/s1. The number of hydrogen-bond acceptors (Lipinski definition) is 6. The molecule has 1 aromatic carbocycles. The first-order chi connectivity index (χ1) is 11.4. The summed E-state index contributed by atoms with van der Waals surface area (Å²) in [6.45, 7) is 3.53. The van der Waals surface area contributed by atoms with Crippen LogP contribution in [0.4, 0.5) is 5.69 Å². The van der Waals surface area contributed by atoms with Crippen LogP contribution in [0.1, 0.15) is 20.3 Å². The molecule has 0 bridgehead atoms. The molecule has 24 heavy (non-hydrogen) atoms. The predicted molar refractivity (Wildman–Crippen MR) is 86.0 cm³/mol. The molecule has 0 aliphatic carbocycles. The summed E-state index contributed by atoms with van der Waals surface area (Å²) < 4.78 is 10.1. The van der Waals surface area contributed by atoms with Crippen molar-refractivity contribution in [1.82, 2.24) is 10.6 Å². The Bertz CT molecular complexity index is 605. The van der Waals surface area contributed by atoms with E-state index in [0.29, 0.717) is 12.3 Å². The lowest BCUT2D eigenvalue weighted by molar-refractivity contribution is -0.385. The van der Waals surface area contributed by atoms with E-state index in [1.54, 1.807) is 6.92 Å². The van der Waals surface area contributed by atoms with Crippen LogP contribution in [0.25, 0.3) is 0 Å². The maximum Gasteiger partial charge on any atom is 0.314 e. The van der Waals surface area contributed by atoms with Gasteiger partial charge in [0.2, 0.25) is 5.91 Å². The van der Waals surface area contributed by atoms with Crippen LogP contribution >= 0.6 is 0 Å². The van der Waals surface area contributed by atoms with Gasteiger partial charge in [-0.25, -0.2) is 0 Å². The molecule has 9 nitrogen and oxygen atoms in total. The Hall–Kier alpha value is -2.84. The SMILES string of the molecule is CCCNC(=O)[C@@H](C)NC(=O)COc1ccc(OC)cc1[N+](=O)[O-]. The first-order valence-electron chi connectivity index (χ1n) is 7.41. The molecular formula is C15H21N3O6. The van der Waals surface area contributed by atoms with E-state index in [-0.39, 0.29) is 17.3 Å². The third-order valence-corrected chi connectivity index (χ3v) is 3.04. The Balaban J connectivity index is 2.61. The van der Waals surface area contributed by atoms with Crippen molar-refractivity contribution >= 4 is 17.5 Å². The number of nitrogens with zero attached hydrogens (tertiary/aromatic N) is 1. The number of methoxy groups -OCH3 is 1. The molecule has 0 aliphatic heterocycles. The van der Waals surface area contributed by atoms with Crippen LogP contribution in [-0.4, -0.2) is 43.0 Å². The number of rotatable bonds is 9. The molecule has 1 rings (SSSR count). The van der Waals surface area contributed by atoms with Gasteiger partial charge in [0.1, 0.15) is 11.8 Å². The lowest BCUT2D eigenvalue weighted by Crippen LogP contribution is -2.46. The largest absolute Gasteiger partial charge is 0.496 e. The highest BCUT2D eigenvalue weighted by Crippen LogP contribution is 2.30. The van der Waals surface area contributed by atoms with E-state index in [9.17, 15) is 19.7 Å². The van der Waals surface area contributed by atoms with Crippen LogP contribution in [0, 0.1) is 10.1 Å². The Morgan fingerprint density at radius 2 is 2.08 bits per heavy atom. The zero-order valence-corrected chi connectivity index (χ0v) is 13.8. The van der Waals surface area contributed by atoms with Crippen LogP contribution in [0.15, 0.2) is 18.2 Å².